The van der Waals surface area contributed by atoms with Crippen LogP contribution in [0.25, 0.3) is 10.9 Å². The number of carbonyl (C=O) groups is 2. The minimum atomic E-state index is -0.316. The molecule has 0 bridgehead atoms. The van der Waals surface area contributed by atoms with Crippen molar-refractivity contribution in [3.05, 3.63) is 55.4 Å². The number of nitrogens with two attached hydrogens (primary N) is 1. The van der Waals surface area contributed by atoms with Gasteiger partial charge in [0.05, 0.1) is 21.5 Å². The smallest absolute Gasteiger partial charge is 0.262 e. The van der Waals surface area contributed by atoms with Crippen LogP contribution in [0.15, 0.2) is 50.1 Å². The molecule has 29 heavy (non-hydrogen) atoms. The van der Waals surface area contributed by atoms with Crippen molar-refractivity contribution in [3.63, 3.8) is 0 Å². The Morgan fingerprint density at radius 1 is 1.17 bits per heavy atom. The van der Waals surface area contributed by atoms with Gasteiger partial charge in [0.2, 0.25) is 5.91 Å². The Labute approximate surface area is 184 Å². The van der Waals surface area contributed by atoms with Crippen molar-refractivity contribution in [2.24, 2.45) is 5.73 Å². The monoisotopic (exact) mass is 493 g/mol. The molecule has 1 amide bonds. The Balaban J connectivity index is 1.80. The van der Waals surface area contributed by atoms with E-state index in [9.17, 15) is 14.4 Å². The van der Waals surface area contributed by atoms with Crippen molar-refractivity contribution >= 4 is 61.6 Å². The molecule has 6 nitrogen and oxygen atoms in total. The van der Waals surface area contributed by atoms with Crippen molar-refractivity contribution in [2.45, 2.75) is 37.4 Å². The van der Waals surface area contributed by atoms with E-state index in [1.807, 2.05) is 23.6 Å². The number of unbranched alkanes of at least 4 members (excludes halogenated alkanes) is 2. The number of amides is 1. The SMILES string of the molecule is NC(=O)CCCCCn1c(SCC(=O)c2sccc2Br)nc2ccccc2c1=O. The summed E-state index contributed by atoms with van der Waals surface area (Å²) in [5, 5.41) is 2.95. The number of benzene rings is 1. The van der Waals surface area contributed by atoms with Gasteiger partial charge in [-0.2, -0.15) is 0 Å². The van der Waals surface area contributed by atoms with Gasteiger partial charge in [0.15, 0.2) is 10.9 Å². The van der Waals surface area contributed by atoms with Gasteiger partial charge in [-0.15, -0.1) is 11.3 Å². The average Bonchev–Trinajstić information content (AvgIpc) is 3.13. The third-order valence-corrected chi connectivity index (χ3v) is 7.19. The molecule has 3 aromatic rings. The molecule has 2 N–H and O–H groups in total. The lowest BCUT2D eigenvalue weighted by Gasteiger charge is -2.13. The normalized spacial score (nSPS) is 11.1. The molecule has 9 heteroatoms. The number of carbonyl (C=O) groups excluding carboxylic acids is 2. The molecule has 0 aliphatic rings. The van der Waals surface area contributed by atoms with E-state index in [1.165, 1.54) is 23.1 Å². The van der Waals surface area contributed by atoms with Crippen LogP contribution in [-0.2, 0) is 11.3 Å². The molecule has 0 saturated carbocycles. The number of ketones is 1. The first-order valence-electron chi connectivity index (χ1n) is 9.14. The number of thiophene rings is 1. The Bertz CT molecular complexity index is 1090. The lowest BCUT2D eigenvalue weighted by Crippen LogP contribution is -2.24. The van der Waals surface area contributed by atoms with E-state index in [-0.39, 0.29) is 23.0 Å². The predicted molar refractivity (Wildman–Crippen MR) is 121 cm³/mol. The number of fused-ring (bicyclic) bond motifs is 1. The zero-order valence-corrected chi connectivity index (χ0v) is 18.8. The lowest BCUT2D eigenvalue weighted by molar-refractivity contribution is -0.118. The van der Waals surface area contributed by atoms with E-state index in [2.05, 4.69) is 20.9 Å². The maximum Gasteiger partial charge on any atom is 0.262 e. The molecule has 0 saturated heterocycles. The molecular weight excluding hydrogens is 474 g/mol. The number of primary amides is 1. The number of para-hydroxylation sites is 1. The van der Waals surface area contributed by atoms with Crippen molar-refractivity contribution in [1.82, 2.24) is 9.55 Å². The highest BCUT2D eigenvalue weighted by Gasteiger charge is 2.16. The minimum Gasteiger partial charge on any atom is -0.370 e. The molecule has 0 radical (unpaired) electrons. The van der Waals surface area contributed by atoms with Crippen LogP contribution in [-0.4, -0.2) is 27.0 Å². The van der Waals surface area contributed by atoms with Crippen LogP contribution >= 0.6 is 39.0 Å². The predicted octanol–water partition coefficient (Wildman–Crippen LogP) is 4.24. The maximum absolute atomic E-state index is 13.0. The summed E-state index contributed by atoms with van der Waals surface area (Å²) in [6.45, 7) is 0.481. The maximum atomic E-state index is 13.0. The van der Waals surface area contributed by atoms with Gasteiger partial charge in [0, 0.05) is 17.4 Å². The van der Waals surface area contributed by atoms with Crippen molar-refractivity contribution in [1.29, 1.82) is 0 Å². The first-order valence-corrected chi connectivity index (χ1v) is 11.8. The van der Waals surface area contributed by atoms with Gasteiger partial charge >= 0.3 is 0 Å². The van der Waals surface area contributed by atoms with Crippen LogP contribution in [0.3, 0.4) is 0 Å². The summed E-state index contributed by atoms with van der Waals surface area (Å²) in [7, 11) is 0. The highest BCUT2D eigenvalue weighted by atomic mass is 79.9. The average molecular weight is 494 g/mol. The molecular formula is C20H20BrN3O3S2. The number of nitrogens with zero attached hydrogens (tertiary/aromatic N) is 2. The van der Waals surface area contributed by atoms with Crippen molar-refractivity contribution < 1.29 is 9.59 Å². The van der Waals surface area contributed by atoms with Gasteiger partial charge in [-0.1, -0.05) is 30.3 Å². The molecule has 1 aromatic carbocycles. The zero-order valence-electron chi connectivity index (χ0n) is 15.6. The van der Waals surface area contributed by atoms with E-state index in [1.54, 1.807) is 16.7 Å². The molecule has 0 fully saturated rings. The molecule has 0 aliphatic heterocycles. The second-order valence-electron chi connectivity index (χ2n) is 6.45. The molecule has 0 atom stereocenters. The number of rotatable bonds is 10. The highest BCUT2D eigenvalue weighted by Crippen LogP contribution is 2.26. The van der Waals surface area contributed by atoms with Gasteiger partial charge in [0.1, 0.15) is 0 Å². The van der Waals surface area contributed by atoms with Gasteiger partial charge in [-0.25, -0.2) is 4.98 Å². The third kappa shape index (κ3) is 5.55. The molecule has 0 spiro atoms. The molecule has 2 heterocycles. The van der Waals surface area contributed by atoms with E-state index in [4.69, 9.17) is 5.73 Å². The fourth-order valence-corrected chi connectivity index (χ4v) is 5.41. The molecule has 3 rings (SSSR count). The van der Waals surface area contributed by atoms with Crippen LogP contribution < -0.4 is 11.3 Å². The van der Waals surface area contributed by atoms with E-state index < -0.39 is 0 Å². The minimum absolute atomic E-state index is 0.00714. The summed E-state index contributed by atoms with van der Waals surface area (Å²) < 4.78 is 2.42. The third-order valence-electron chi connectivity index (χ3n) is 4.33. The standard InChI is InChI=1S/C20H20BrN3O3S2/c21-14-9-11-28-18(14)16(25)12-29-20-23-15-7-4-3-6-13(15)19(27)24(20)10-5-1-2-8-17(22)26/h3-4,6-7,9,11H,1-2,5,8,10,12H2,(H2,22,26). The summed E-state index contributed by atoms with van der Waals surface area (Å²) in [5.41, 5.74) is 5.68. The van der Waals surface area contributed by atoms with Crippen LogP contribution in [0, 0.1) is 0 Å². The van der Waals surface area contributed by atoms with Crippen LogP contribution in [0.2, 0.25) is 0 Å². The fraction of sp³-hybridized carbons (Fsp3) is 0.300. The van der Waals surface area contributed by atoms with Crippen molar-refractivity contribution in [3.8, 4) is 0 Å². The van der Waals surface area contributed by atoms with E-state index >= 15 is 0 Å². The van der Waals surface area contributed by atoms with E-state index in [0.717, 1.165) is 17.3 Å². The summed E-state index contributed by atoms with van der Waals surface area (Å²) in [6.07, 6.45) is 2.55. The first-order chi connectivity index (χ1) is 14.0. The van der Waals surface area contributed by atoms with Gasteiger partial charge in [-0.3, -0.25) is 19.0 Å². The van der Waals surface area contributed by atoms with Crippen LogP contribution in [0.1, 0.15) is 35.4 Å². The van der Waals surface area contributed by atoms with Crippen LogP contribution in [0.4, 0.5) is 0 Å². The Hall–Kier alpha value is -1.97. The second-order valence-corrected chi connectivity index (χ2v) is 9.17. The molecule has 0 aliphatic carbocycles. The Morgan fingerprint density at radius 3 is 2.69 bits per heavy atom. The largest absolute Gasteiger partial charge is 0.370 e. The summed E-state index contributed by atoms with van der Waals surface area (Å²) in [4.78, 5) is 41.7. The number of aromatic nitrogens is 2. The number of halogens is 1. The van der Waals surface area contributed by atoms with Crippen molar-refractivity contribution in [2.75, 3.05) is 5.75 Å². The number of thioether (sulfide) groups is 1. The van der Waals surface area contributed by atoms with Gasteiger partial charge < -0.3 is 5.73 Å². The van der Waals surface area contributed by atoms with Crippen LogP contribution in [0.5, 0.6) is 0 Å². The number of hydrogen-bond donors (Lipinski definition) is 1. The molecule has 2 aromatic heterocycles. The topological polar surface area (TPSA) is 95.1 Å². The number of Topliss-reactive ketones (excluding diaryl/α,β-unsaturated/α-hetero) is 1. The zero-order chi connectivity index (χ0) is 20.8. The summed E-state index contributed by atoms with van der Waals surface area (Å²) in [6, 6.07) is 9.06. The first kappa shape index (κ1) is 21.7. The Morgan fingerprint density at radius 2 is 1.97 bits per heavy atom. The summed E-state index contributed by atoms with van der Waals surface area (Å²) in [5.74, 6) is -0.123. The fourth-order valence-electron chi connectivity index (χ4n) is 2.89. The summed E-state index contributed by atoms with van der Waals surface area (Å²) >= 11 is 6.05. The second kappa shape index (κ2) is 10.2. The molecule has 0 unspecified atom stereocenters. The molecule has 152 valence electrons. The highest BCUT2D eigenvalue weighted by molar-refractivity contribution is 9.10. The van der Waals surface area contributed by atoms with Gasteiger partial charge in [0.25, 0.3) is 5.56 Å². The quantitative estimate of drug-likeness (QED) is 0.197. The van der Waals surface area contributed by atoms with Gasteiger partial charge in [-0.05, 0) is 52.4 Å². The Kier molecular flexibility index (Phi) is 7.63. The lowest BCUT2D eigenvalue weighted by atomic mass is 10.2. The number of hydrogen-bond acceptors (Lipinski definition) is 6. The van der Waals surface area contributed by atoms with E-state index in [0.29, 0.717) is 40.3 Å².